The Labute approximate surface area is 116 Å². The molecule has 4 nitrogen and oxygen atoms in total. The summed E-state index contributed by atoms with van der Waals surface area (Å²) < 4.78 is 30.4. The molecule has 0 aromatic carbocycles. The average molecular weight is 287 g/mol. The van der Waals surface area contributed by atoms with E-state index in [1.807, 2.05) is 0 Å². The van der Waals surface area contributed by atoms with E-state index in [1.165, 1.54) is 25.7 Å². The van der Waals surface area contributed by atoms with E-state index in [2.05, 4.69) is 25.3 Å². The van der Waals surface area contributed by atoms with E-state index in [1.54, 1.807) is 0 Å². The maximum Gasteiger partial charge on any atom is 0.264 e. The van der Waals surface area contributed by atoms with Crippen LogP contribution in [0.4, 0.5) is 0 Å². The minimum atomic E-state index is -3.85. The monoisotopic (exact) mass is 287 g/mol. The molecule has 0 spiro atoms. The number of likely N-dealkylation sites (tertiary alicyclic amines) is 1. The van der Waals surface area contributed by atoms with Crippen molar-refractivity contribution in [3.63, 3.8) is 0 Å². The summed E-state index contributed by atoms with van der Waals surface area (Å²) in [4.78, 5) is 2.30. The van der Waals surface area contributed by atoms with Crippen molar-refractivity contribution in [2.75, 3.05) is 12.3 Å². The van der Waals surface area contributed by atoms with Gasteiger partial charge in [0.05, 0.1) is 5.75 Å². The van der Waals surface area contributed by atoms with Crippen molar-refractivity contribution in [1.29, 1.82) is 0 Å². The van der Waals surface area contributed by atoms with Gasteiger partial charge in [0.15, 0.2) is 0 Å². The van der Waals surface area contributed by atoms with Crippen LogP contribution in [-0.2, 0) is 10.1 Å². The first kappa shape index (κ1) is 14.9. The first-order valence-electron chi connectivity index (χ1n) is 7.14. The molecule has 1 heterocycles. The molecule has 1 saturated carbocycles. The maximum absolute atomic E-state index is 10.8. The molecule has 0 amide bonds. The summed E-state index contributed by atoms with van der Waals surface area (Å²) in [6.45, 7) is 9.43. The molecule has 0 aromatic rings. The Bertz CT molecular complexity index is 455. The highest BCUT2D eigenvalue weighted by molar-refractivity contribution is 7.85. The minimum absolute atomic E-state index is 0.114. The van der Waals surface area contributed by atoms with Gasteiger partial charge in [0.25, 0.3) is 10.1 Å². The fraction of sp³-hybridized carbons (Fsp3) is 0.857. The minimum Gasteiger partial charge on any atom is -0.372 e. The molecule has 1 aliphatic carbocycles. The maximum atomic E-state index is 10.8. The van der Waals surface area contributed by atoms with Crippen molar-refractivity contribution in [3.8, 4) is 0 Å². The molecule has 2 aliphatic rings. The van der Waals surface area contributed by atoms with Gasteiger partial charge in [-0.3, -0.25) is 4.55 Å². The van der Waals surface area contributed by atoms with Crippen LogP contribution in [0.5, 0.6) is 0 Å². The summed E-state index contributed by atoms with van der Waals surface area (Å²) in [5, 5.41) is 0. The molecule has 1 aliphatic heterocycles. The second-order valence-corrected chi connectivity index (χ2v) is 8.03. The Kier molecular flexibility index (Phi) is 3.98. The van der Waals surface area contributed by atoms with Crippen molar-refractivity contribution < 1.29 is 13.0 Å². The standard InChI is InChI=1S/C14H25NO3S/c1-11-14(2,3)12-7-4-5-8-13(12)15(11)9-6-10-19(16,17)18/h12-13H,1,4-10H2,2-3H3,(H,16,17,18). The van der Waals surface area contributed by atoms with Crippen LogP contribution in [0.15, 0.2) is 12.3 Å². The van der Waals surface area contributed by atoms with Gasteiger partial charge in [0.2, 0.25) is 0 Å². The lowest BCUT2D eigenvalue weighted by Crippen LogP contribution is -2.35. The summed E-state index contributed by atoms with van der Waals surface area (Å²) in [5.41, 5.74) is 1.25. The molecule has 2 fully saturated rings. The van der Waals surface area contributed by atoms with Crippen LogP contribution in [-0.4, -0.2) is 36.2 Å². The van der Waals surface area contributed by atoms with Gasteiger partial charge in [0.1, 0.15) is 0 Å². The van der Waals surface area contributed by atoms with E-state index < -0.39 is 10.1 Å². The number of hydrogen-bond donors (Lipinski definition) is 1. The van der Waals surface area contributed by atoms with Crippen LogP contribution in [0, 0.1) is 11.3 Å². The van der Waals surface area contributed by atoms with Crippen molar-refractivity contribution in [3.05, 3.63) is 12.3 Å². The van der Waals surface area contributed by atoms with Gasteiger partial charge in [-0.15, -0.1) is 0 Å². The van der Waals surface area contributed by atoms with Crippen LogP contribution in [0.3, 0.4) is 0 Å². The van der Waals surface area contributed by atoms with Crippen molar-refractivity contribution in [2.24, 2.45) is 11.3 Å². The molecule has 110 valence electrons. The summed E-state index contributed by atoms with van der Waals surface area (Å²) in [5.74, 6) is 0.480. The zero-order valence-electron chi connectivity index (χ0n) is 11.9. The molecule has 1 N–H and O–H groups in total. The van der Waals surface area contributed by atoms with E-state index in [4.69, 9.17) is 4.55 Å². The highest BCUT2D eigenvalue weighted by atomic mass is 32.2. The third kappa shape index (κ3) is 2.97. The van der Waals surface area contributed by atoms with Gasteiger partial charge in [-0.25, -0.2) is 0 Å². The zero-order chi connectivity index (χ0) is 14.3. The normalized spacial score (nSPS) is 30.5. The van der Waals surface area contributed by atoms with Gasteiger partial charge < -0.3 is 4.90 Å². The average Bonchev–Trinajstić information content (AvgIpc) is 2.50. The first-order valence-corrected chi connectivity index (χ1v) is 8.75. The Morgan fingerprint density at radius 2 is 2.00 bits per heavy atom. The summed E-state index contributed by atoms with van der Waals surface area (Å²) in [6.07, 6.45) is 5.43. The van der Waals surface area contributed by atoms with E-state index in [0.29, 0.717) is 24.9 Å². The molecular formula is C14H25NO3S. The SMILES string of the molecule is C=C1N(CCCS(=O)(=O)O)C2CCCCC2C1(C)C. The van der Waals surface area contributed by atoms with Crippen molar-refractivity contribution in [2.45, 2.75) is 52.0 Å². The Morgan fingerprint density at radius 1 is 1.37 bits per heavy atom. The Balaban J connectivity index is 2.05. The van der Waals surface area contributed by atoms with Crippen molar-refractivity contribution in [1.82, 2.24) is 4.90 Å². The largest absolute Gasteiger partial charge is 0.372 e. The molecule has 0 aromatic heterocycles. The van der Waals surface area contributed by atoms with E-state index in [0.717, 1.165) is 5.70 Å². The Hall–Kier alpha value is -0.550. The number of rotatable bonds is 4. The topological polar surface area (TPSA) is 57.6 Å². The van der Waals surface area contributed by atoms with E-state index in [-0.39, 0.29) is 11.2 Å². The second-order valence-electron chi connectivity index (χ2n) is 6.46. The fourth-order valence-corrected chi connectivity index (χ4v) is 4.32. The highest BCUT2D eigenvalue weighted by Gasteiger charge is 2.49. The third-order valence-electron chi connectivity index (χ3n) is 4.95. The highest BCUT2D eigenvalue weighted by Crippen LogP contribution is 2.52. The van der Waals surface area contributed by atoms with Gasteiger partial charge >= 0.3 is 0 Å². The molecule has 0 bridgehead atoms. The quantitative estimate of drug-likeness (QED) is 0.808. The lowest BCUT2D eigenvalue weighted by molar-refractivity contribution is 0.170. The number of hydrogen-bond acceptors (Lipinski definition) is 3. The van der Waals surface area contributed by atoms with Crippen LogP contribution < -0.4 is 0 Å². The van der Waals surface area contributed by atoms with Gasteiger partial charge in [-0.05, 0) is 25.2 Å². The van der Waals surface area contributed by atoms with Gasteiger partial charge in [0, 0.05) is 23.7 Å². The predicted octanol–water partition coefficient (Wildman–Crippen LogP) is 2.68. The first-order chi connectivity index (χ1) is 8.73. The van der Waals surface area contributed by atoms with Crippen LogP contribution in [0.2, 0.25) is 0 Å². The Morgan fingerprint density at radius 3 is 2.63 bits per heavy atom. The number of fused-ring (bicyclic) bond motifs is 1. The smallest absolute Gasteiger partial charge is 0.264 e. The summed E-state index contributed by atoms with van der Waals surface area (Å²) in [7, 11) is -3.85. The zero-order valence-corrected chi connectivity index (χ0v) is 12.7. The molecule has 2 atom stereocenters. The fourth-order valence-electron chi connectivity index (χ4n) is 3.83. The molecule has 19 heavy (non-hydrogen) atoms. The molecule has 0 radical (unpaired) electrons. The van der Waals surface area contributed by atoms with E-state index >= 15 is 0 Å². The molecule has 2 unspecified atom stereocenters. The predicted molar refractivity (Wildman–Crippen MR) is 76.4 cm³/mol. The molecule has 5 heteroatoms. The lowest BCUT2D eigenvalue weighted by atomic mass is 9.71. The van der Waals surface area contributed by atoms with Crippen LogP contribution >= 0.6 is 0 Å². The summed E-state index contributed by atoms with van der Waals surface area (Å²) in [6, 6.07) is 0.512. The second kappa shape index (κ2) is 5.09. The van der Waals surface area contributed by atoms with Gasteiger partial charge in [-0.2, -0.15) is 8.42 Å². The summed E-state index contributed by atoms with van der Waals surface area (Å²) >= 11 is 0. The van der Waals surface area contributed by atoms with Crippen LogP contribution in [0.25, 0.3) is 0 Å². The van der Waals surface area contributed by atoms with Crippen molar-refractivity contribution >= 4 is 10.1 Å². The van der Waals surface area contributed by atoms with Crippen LogP contribution in [0.1, 0.15) is 46.0 Å². The molecule has 1 saturated heterocycles. The number of nitrogens with zero attached hydrogens (tertiary/aromatic N) is 1. The molecule has 2 rings (SSSR count). The third-order valence-corrected chi connectivity index (χ3v) is 5.75. The number of allylic oxidation sites excluding steroid dienone is 1. The van der Waals surface area contributed by atoms with Gasteiger partial charge in [-0.1, -0.05) is 33.3 Å². The molecular weight excluding hydrogens is 262 g/mol. The van der Waals surface area contributed by atoms with E-state index in [9.17, 15) is 8.42 Å². The lowest BCUT2D eigenvalue weighted by Gasteiger charge is -2.34.